The van der Waals surface area contributed by atoms with Crippen LogP contribution in [0, 0.1) is 5.41 Å². The highest BCUT2D eigenvalue weighted by Gasteiger charge is 2.26. The molecule has 1 aliphatic heterocycles. The molecule has 0 aromatic heterocycles. The van der Waals surface area contributed by atoms with Gasteiger partial charge in [0.2, 0.25) is 0 Å². The van der Waals surface area contributed by atoms with E-state index in [0.29, 0.717) is 11.4 Å². The lowest BCUT2D eigenvalue weighted by atomic mass is 9.82. The number of aliphatic imine (C=N–C) groups is 1. The Bertz CT molecular complexity index is 185. The summed E-state index contributed by atoms with van der Waals surface area (Å²) in [5.41, 5.74) is 5.87. The maximum absolute atomic E-state index is 5.56. The van der Waals surface area contributed by atoms with Crippen molar-refractivity contribution in [2.45, 2.75) is 19.8 Å². The first-order valence-corrected chi connectivity index (χ1v) is 4.70. The Hall–Kier alpha value is -0.770. The van der Waals surface area contributed by atoms with E-state index in [9.17, 15) is 0 Å². The van der Waals surface area contributed by atoms with Crippen LogP contribution in [0.15, 0.2) is 4.99 Å². The Kier molecular flexibility index (Phi) is 3.54. The van der Waals surface area contributed by atoms with Crippen LogP contribution in [0.3, 0.4) is 0 Å². The molecule has 0 radical (unpaired) electrons. The zero-order valence-corrected chi connectivity index (χ0v) is 8.47. The molecule has 0 unspecified atom stereocenters. The minimum atomic E-state index is 0.313. The monoisotopic (exact) mass is 185 g/mol. The van der Waals surface area contributed by atoms with Gasteiger partial charge in [0.25, 0.3) is 0 Å². The van der Waals surface area contributed by atoms with Crippen molar-refractivity contribution in [3.63, 3.8) is 0 Å². The molecule has 0 bridgehead atoms. The van der Waals surface area contributed by atoms with Crippen molar-refractivity contribution in [3.05, 3.63) is 0 Å². The third-order valence-electron chi connectivity index (χ3n) is 2.64. The Morgan fingerprint density at radius 1 is 1.54 bits per heavy atom. The number of ether oxygens (including phenoxy) is 1. The van der Waals surface area contributed by atoms with Gasteiger partial charge in [-0.2, -0.15) is 0 Å². The summed E-state index contributed by atoms with van der Waals surface area (Å²) < 4.78 is 5.31. The molecule has 1 heterocycles. The molecule has 1 saturated heterocycles. The molecule has 0 spiro atoms. The molecule has 0 aliphatic carbocycles. The Labute approximate surface area is 79.6 Å². The van der Waals surface area contributed by atoms with E-state index < -0.39 is 0 Å². The minimum Gasteiger partial charge on any atom is -0.381 e. The smallest absolute Gasteiger partial charge is 0.188 e. The van der Waals surface area contributed by atoms with Gasteiger partial charge in [-0.15, -0.1) is 0 Å². The van der Waals surface area contributed by atoms with E-state index in [1.165, 1.54) is 0 Å². The summed E-state index contributed by atoms with van der Waals surface area (Å²) in [5, 5.41) is 3.11. The maximum atomic E-state index is 5.56. The summed E-state index contributed by atoms with van der Waals surface area (Å²) in [4.78, 5) is 3.86. The SMILES string of the molecule is CN=C(N)NCC1(C)CCOCC1. The first-order chi connectivity index (χ1) is 6.16. The Balaban J connectivity index is 2.33. The summed E-state index contributed by atoms with van der Waals surface area (Å²) in [6, 6.07) is 0. The van der Waals surface area contributed by atoms with E-state index in [1.807, 2.05) is 0 Å². The highest BCUT2D eigenvalue weighted by molar-refractivity contribution is 5.77. The lowest BCUT2D eigenvalue weighted by molar-refractivity contribution is 0.0261. The zero-order valence-electron chi connectivity index (χ0n) is 8.47. The van der Waals surface area contributed by atoms with Crippen molar-refractivity contribution in [1.82, 2.24) is 5.32 Å². The van der Waals surface area contributed by atoms with Gasteiger partial charge in [0.1, 0.15) is 0 Å². The van der Waals surface area contributed by atoms with Crippen molar-refractivity contribution in [2.24, 2.45) is 16.1 Å². The summed E-state index contributed by atoms with van der Waals surface area (Å²) >= 11 is 0. The molecule has 0 atom stereocenters. The van der Waals surface area contributed by atoms with Gasteiger partial charge in [-0.05, 0) is 18.3 Å². The molecule has 76 valence electrons. The second kappa shape index (κ2) is 4.46. The lowest BCUT2D eigenvalue weighted by Gasteiger charge is -2.33. The summed E-state index contributed by atoms with van der Waals surface area (Å²) in [6.07, 6.45) is 2.19. The molecule has 3 N–H and O–H groups in total. The van der Waals surface area contributed by atoms with E-state index in [2.05, 4.69) is 17.2 Å². The Morgan fingerprint density at radius 3 is 2.69 bits per heavy atom. The second-order valence-corrected chi connectivity index (χ2v) is 3.89. The van der Waals surface area contributed by atoms with Crippen LogP contribution < -0.4 is 11.1 Å². The van der Waals surface area contributed by atoms with Gasteiger partial charge in [0.05, 0.1) is 0 Å². The highest BCUT2D eigenvalue weighted by atomic mass is 16.5. The van der Waals surface area contributed by atoms with Gasteiger partial charge in [0, 0.05) is 26.8 Å². The molecule has 1 fully saturated rings. The number of hydrogen-bond acceptors (Lipinski definition) is 2. The Morgan fingerprint density at radius 2 is 2.15 bits per heavy atom. The molecule has 0 amide bonds. The molecular formula is C9H19N3O. The minimum absolute atomic E-state index is 0.313. The van der Waals surface area contributed by atoms with Crippen molar-refractivity contribution < 1.29 is 4.74 Å². The van der Waals surface area contributed by atoms with Crippen molar-refractivity contribution >= 4 is 5.96 Å². The van der Waals surface area contributed by atoms with Gasteiger partial charge in [-0.3, -0.25) is 4.99 Å². The fourth-order valence-corrected chi connectivity index (χ4v) is 1.42. The number of nitrogens with zero attached hydrogens (tertiary/aromatic N) is 1. The largest absolute Gasteiger partial charge is 0.381 e. The van der Waals surface area contributed by atoms with Crippen LogP contribution in [0.5, 0.6) is 0 Å². The van der Waals surface area contributed by atoms with Crippen molar-refractivity contribution in [2.75, 3.05) is 26.8 Å². The summed E-state index contributed by atoms with van der Waals surface area (Å²) in [7, 11) is 1.69. The second-order valence-electron chi connectivity index (χ2n) is 3.89. The van der Waals surface area contributed by atoms with Crippen LogP contribution in [0.2, 0.25) is 0 Å². The van der Waals surface area contributed by atoms with Crippen LogP contribution in [0.4, 0.5) is 0 Å². The van der Waals surface area contributed by atoms with Crippen LogP contribution in [-0.2, 0) is 4.74 Å². The first-order valence-electron chi connectivity index (χ1n) is 4.70. The fourth-order valence-electron chi connectivity index (χ4n) is 1.42. The average molecular weight is 185 g/mol. The van der Waals surface area contributed by atoms with Crippen LogP contribution in [0.25, 0.3) is 0 Å². The van der Waals surface area contributed by atoms with E-state index in [-0.39, 0.29) is 0 Å². The normalized spacial score (nSPS) is 22.8. The lowest BCUT2D eigenvalue weighted by Crippen LogP contribution is -2.42. The van der Waals surface area contributed by atoms with Crippen LogP contribution >= 0.6 is 0 Å². The quantitative estimate of drug-likeness (QED) is 0.481. The third-order valence-corrected chi connectivity index (χ3v) is 2.64. The maximum Gasteiger partial charge on any atom is 0.188 e. The molecule has 0 aromatic carbocycles. The number of guanidine groups is 1. The molecule has 1 rings (SSSR count). The number of nitrogens with two attached hydrogens (primary N) is 1. The summed E-state index contributed by atoms with van der Waals surface area (Å²) in [6.45, 7) is 4.87. The van der Waals surface area contributed by atoms with Gasteiger partial charge < -0.3 is 15.8 Å². The number of nitrogens with one attached hydrogen (secondary N) is 1. The summed E-state index contributed by atoms with van der Waals surface area (Å²) in [5.74, 6) is 0.521. The first kappa shape index (κ1) is 10.3. The van der Waals surface area contributed by atoms with E-state index in [1.54, 1.807) is 7.05 Å². The molecule has 0 saturated carbocycles. The predicted molar refractivity (Wildman–Crippen MR) is 53.7 cm³/mol. The number of rotatable bonds is 2. The topological polar surface area (TPSA) is 59.6 Å². The fraction of sp³-hybridized carbons (Fsp3) is 0.889. The van der Waals surface area contributed by atoms with E-state index in [4.69, 9.17) is 10.5 Å². The van der Waals surface area contributed by atoms with Crippen molar-refractivity contribution in [3.8, 4) is 0 Å². The van der Waals surface area contributed by atoms with Gasteiger partial charge >= 0.3 is 0 Å². The van der Waals surface area contributed by atoms with Crippen LogP contribution in [0.1, 0.15) is 19.8 Å². The molecule has 0 aromatic rings. The third kappa shape index (κ3) is 3.22. The molecule has 1 aliphatic rings. The van der Waals surface area contributed by atoms with Gasteiger partial charge in [0.15, 0.2) is 5.96 Å². The molecule has 4 heteroatoms. The average Bonchev–Trinajstić information content (AvgIpc) is 2.15. The highest BCUT2D eigenvalue weighted by Crippen LogP contribution is 2.28. The number of hydrogen-bond donors (Lipinski definition) is 2. The molecule has 4 nitrogen and oxygen atoms in total. The van der Waals surface area contributed by atoms with E-state index in [0.717, 1.165) is 32.6 Å². The zero-order chi connectivity index (χ0) is 9.73. The van der Waals surface area contributed by atoms with Gasteiger partial charge in [-0.25, -0.2) is 0 Å². The molecular weight excluding hydrogens is 166 g/mol. The predicted octanol–water partition coefficient (Wildman–Crippen LogP) is 0.337. The molecule has 13 heavy (non-hydrogen) atoms. The van der Waals surface area contributed by atoms with Crippen LogP contribution in [-0.4, -0.2) is 32.8 Å². The van der Waals surface area contributed by atoms with Crippen molar-refractivity contribution in [1.29, 1.82) is 0 Å². The van der Waals surface area contributed by atoms with E-state index >= 15 is 0 Å². The van der Waals surface area contributed by atoms with Gasteiger partial charge in [-0.1, -0.05) is 6.92 Å². The standard InChI is InChI=1S/C9H19N3O/c1-9(3-5-13-6-4-9)7-12-8(10)11-2/h3-7H2,1-2H3,(H3,10,11,12).